The average molecular weight is 292 g/mol. The van der Waals surface area contributed by atoms with Gasteiger partial charge in [-0.05, 0) is 13.8 Å². The van der Waals surface area contributed by atoms with Crippen LogP contribution in [0.3, 0.4) is 0 Å². The van der Waals surface area contributed by atoms with Crippen LogP contribution in [-0.2, 0) is 13.1 Å². The highest BCUT2D eigenvalue weighted by Gasteiger charge is 2.23. The Morgan fingerprint density at radius 1 is 1.55 bits per heavy atom. The molecule has 3 heterocycles. The maximum absolute atomic E-state index is 12.2. The fraction of sp³-hybridized carbons (Fsp3) is 0.462. The van der Waals surface area contributed by atoms with E-state index < -0.39 is 0 Å². The Bertz CT molecular complexity index is 647. The Labute approximate surface area is 120 Å². The Morgan fingerprint density at radius 3 is 3.10 bits per heavy atom. The quantitative estimate of drug-likeness (QED) is 0.934. The van der Waals surface area contributed by atoms with Gasteiger partial charge in [-0.25, -0.2) is 9.67 Å². The van der Waals surface area contributed by atoms with Crippen LogP contribution in [0.1, 0.15) is 33.2 Å². The number of hydrogen-bond acceptors (Lipinski definition) is 5. The maximum Gasteiger partial charge on any atom is 0.272 e. The number of nitrogens with zero attached hydrogens (tertiary/aromatic N) is 3. The zero-order chi connectivity index (χ0) is 14.1. The van der Waals surface area contributed by atoms with Gasteiger partial charge in [-0.1, -0.05) is 0 Å². The number of amides is 1. The Morgan fingerprint density at radius 2 is 2.40 bits per heavy atom. The lowest BCUT2D eigenvalue weighted by Crippen LogP contribution is -2.24. The summed E-state index contributed by atoms with van der Waals surface area (Å²) in [5, 5.41) is 10.1. The summed E-state index contributed by atoms with van der Waals surface area (Å²) in [5.74, 6) is 0.535. The number of aryl methyl sites for hydroxylation is 2. The summed E-state index contributed by atoms with van der Waals surface area (Å²) in [6.07, 6.45) is 0.924. The van der Waals surface area contributed by atoms with Gasteiger partial charge in [0, 0.05) is 29.6 Å². The van der Waals surface area contributed by atoms with Gasteiger partial charge in [0.2, 0.25) is 5.88 Å². The minimum absolute atomic E-state index is 0.180. The van der Waals surface area contributed by atoms with Crippen molar-refractivity contribution >= 4 is 17.2 Å². The first kappa shape index (κ1) is 13.1. The van der Waals surface area contributed by atoms with Gasteiger partial charge >= 0.3 is 0 Å². The zero-order valence-electron chi connectivity index (χ0n) is 11.5. The minimum atomic E-state index is -0.180. The Hall–Kier alpha value is -1.89. The monoisotopic (exact) mass is 292 g/mol. The fourth-order valence-electron chi connectivity index (χ4n) is 2.19. The summed E-state index contributed by atoms with van der Waals surface area (Å²) in [7, 11) is 0. The number of nitrogens with one attached hydrogen (secondary N) is 1. The van der Waals surface area contributed by atoms with E-state index in [4.69, 9.17) is 4.74 Å². The van der Waals surface area contributed by atoms with E-state index in [1.165, 1.54) is 0 Å². The van der Waals surface area contributed by atoms with E-state index in [-0.39, 0.29) is 5.91 Å². The van der Waals surface area contributed by atoms with E-state index >= 15 is 0 Å². The molecule has 6 nitrogen and oxygen atoms in total. The maximum atomic E-state index is 12.2. The van der Waals surface area contributed by atoms with Gasteiger partial charge in [0.15, 0.2) is 5.69 Å². The van der Waals surface area contributed by atoms with E-state index in [1.54, 1.807) is 16.0 Å². The van der Waals surface area contributed by atoms with Crippen molar-refractivity contribution in [1.82, 2.24) is 20.1 Å². The number of hydrogen-bond donors (Lipinski definition) is 1. The minimum Gasteiger partial charge on any atom is -0.478 e. The molecule has 0 saturated carbocycles. The highest BCUT2D eigenvalue weighted by molar-refractivity contribution is 7.09. The molecule has 0 aliphatic carbocycles. The summed E-state index contributed by atoms with van der Waals surface area (Å²) in [4.78, 5) is 16.5. The fourth-order valence-corrected chi connectivity index (χ4v) is 2.90. The molecule has 0 saturated heterocycles. The highest BCUT2D eigenvalue weighted by atomic mass is 32.1. The van der Waals surface area contributed by atoms with Crippen molar-refractivity contribution in [2.75, 3.05) is 6.61 Å². The molecule has 106 valence electrons. The number of fused-ring (bicyclic) bond motifs is 1. The highest BCUT2D eigenvalue weighted by Crippen LogP contribution is 2.24. The number of carbonyl (C=O) groups excluding carboxylic acids is 1. The molecule has 2 aromatic rings. The molecule has 0 spiro atoms. The molecular weight excluding hydrogens is 276 g/mol. The second kappa shape index (κ2) is 5.24. The number of ether oxygens (including phenoxy) is 1. The SMILES string of the molecule is Cc1csc(CNC(=O)c2nn3c(c2C)OCCC3)n1. The smallest absolute Gasteiger partial charge is 0.272 e. The predicted octanol–water partition coefficient (Wildman–Crippen LogP) is 1.67. The molecular formula is C13H16N4O2S. The van der Waals surface area contributed by atoms with Crippen LogP contribution >= 0.6 is 11.3 Å². The van der Waals surface area contributed by atoms with Crippen LogP contribution in [0.25, 0.3) is 0 Å². The molecule has 1 amide bonds. The molecule has 0 atom stereocenters. The lowest BCUT2D eigenvalue weighted by atomic mass is 10.2. The second-order valence-electron chi connectivity index (χ2n) is 4.77. The van der Waals surface area contributed by atoms with Crippen LogP contribution in [0.15, 0.2) is 5.38 Å². The molecule has 20 heavy (non-hydrogen) atoms. The van der Waals surface area contributed by atoms with Gasteiger partial charge in [0.05, 0.1) is 13.2 Å². The first-order valence-corrected chi connectivity index (χ1v) is 7.42. The lowest BCUT2D eigenvalue weighted by molar-refractivity contribution is 0.0944. The standard InChI is InChI=1S/C13H16N4O2S/c1-8-7-20-10(15-8)6-14-12(18)11-9(2)13-17(16-11)4-3-5-19-13/h7H,3-6H2,1-2H3,(H,14,18). The van der Waals surface area contributed by atoms with Crippen molar-refractivity contribution in [3.05, 3.63) is 27.3 Å². The number of thiazole rings is 1. The molecule has 1 aliphatic rings. The van der Waals surface area contributed by atoms with Crippen molar-refractivity contribution in [3.63, 3.8) is 0 Å². The van der Waals surface area contributed by atoms with Gasteiger partial charge in [0.25, 0.3) is 5.91 Å². The molecule has 2 aromatic heterocycles. The molecule has 1 N–H and O–H groups in total. The van der Waals surface area contributed by atoms with Gasteiger partial charge in [-0.2, -0.15) is 5.10 Å². The molecule has 0 aromatic carbocycles. The summed E-state index contributed by atoms with van der Waals surface area (Å²) in [6, 6.07) is 0. The van der Waals surface area contributed by atoms with Gasteiger partial charge in [-0.15, -0.1) is 11.3 Å². The second-order valence-corrected chi connectivity index (χ2v) is 5.71. The molecule has 0 radical (unpaired) electrons. The van der Waals surface area contributed by atoms with E-state index in [1.807, 2.05) is 19.2 Å². The van der Waals surface area contributed by atoms with E-state index in [2.05, 4.69) is 15.4 Å². The average Bonchev–Trinajstić information content (AvgIpc) is 3.01. The van der Waals surface area contributed by atoms with Crippen molar-refractivity contribution in [2.45, 2.75) is 33.4 Å². The largest absolute Gasteiger partial charge is 0.478 e. The number of rotatable bonds is 3. The molecule has 3 rings (SSSR count). The van der Waals surface area contributed by atoms with Crippen LogP contribution in [0.5, 0.6) is 5.88 Å². The summed E-state index contributed by atoms with van der Waals surface area (Å²) >= 11 is 1.54. The van der Waals surface area contributed by atoms with E-state index in [0.717, 1.165) is 29.2 Å². The third-order valence-electron chi connectivity index (χ3n) is 3.17. The van der Waals surface area contributed by atoms with Gasteiger partial charge in [0.1, 0.15) is 5.01 Å². The first-order chi connectivity index (χ1) is 9.65. The van der Waals surface area contributed by atoms with Gasteiger partial charge in [-0.3, -0.25) is 4.79 Å². The van der Waals surface area contributed by atoms with Crippen LogP contribution in [0, 0.1) is 13.8 Å². The molecule has 7 heteroatoms. The van der Waals surface area contributed by atoms with Crippen molar-refractivity contribution in [1.29, 1.82) is 0 Å². The van der Waals surface area contributed by atoms with Crippen molar-refractivity contribution < 1.29 is 9.53 Å². The molecule has 0 fully saturated rings. The van der Waals surface area contributed by atoms with Crippen LogP contribution in [0.4, 0.5) is 0 Å². The van der Waals surface area contributed by atoms with Crippen molar-refractivity contribution in [2.24, 2.45) is 0 Å². The van der Waals surface area contributed by atoms with Gasteiger partial charge < -0.3 is 10.1 Å². The Balaban J connectivity index is 1.72. The molecule has 1 aliphatic heterocycles. The molecule has 0 bridgehead atoms. The summed E-state index contributed by atoms with van der Waals surface area (Å²) < 4.78 is 7.33. The third-order valence-corrected chi connectivity index (χ3v) is 4.13. The van der Waals surface area contributed by atoms with E-state index in [0.29, 0.717) is 24.7 Å². The van der Waals surface area contributed by atoms with Crippen LogP contribution in [-0.4, -0.2) is 27.3 Å². The summed E-state index contributed by atoms with van der Waals surface area (Å²) in [6.45, 7) is 5.72. The Kier molecular flexibility index (Phi) is 3.43. The lowest BCUT2D eigenvalue weighted by Gasteiger charge is -2.14. The van der Waals surface area contributed by atoms with E-state index in [9.17, 15) is 4.79 Å². The topological polar surface area (TPSA) is 69.0 Å². The van der Waals surface area contributed by atoms with Crippen molar-refractivity contribution in [3.8, 4) is 5.88 Å². The number of aromatic nitrogens is 3. The molecule has 0 unspecified atom stereocenters. The van der Waals surface area contributed by atoms with Crippen LogP contribution in [0.2, 0.25) is 0 Å². The first-order valence-electron chi connectivity index (χ1n) is 6.54. The zero-order valence-corrected chi connectivity index (χ0v) is 12.3. The van der Waals surface area contributed by atoms with Crippen LogP contribution < -0.4 is 10.1 Å². The summed E-state index contributed by atoms with van der Waals surface area (Å²) in [5.41, 5.74) is 2.22. The number of carbonyl (C=O) groups is 1. The normalized spacial score (nSPS) is 13.7. The third kappa shape index (κ3) is 2.40. The predicted molar refractivity (Wildman–Crippen MR) is 75.1 cm³/mol.